The van der Waals surface area contributed by atoms with Gasteiger partial charge in [-0.15, -0.1) is 0 Å². The van der Waals surface area contributed by atoms with Gasteiger partial charge in [0.15, 0.2) is 6.54 Å². The number of anilines is 1. The van der Waals surface area contributed by atoms with Gasteiger partial charge in [-0.05, 0) is 29.9 Å². The lowest BCUT2D eigenvalue weighted by Gasteiger charge is -2.19. The molecule has 0 bridgehead atoms. The standard InChI is InChI=1S/C23H32N2O/c1-5-18-13-10-14-19(6-2)23(18)25-22(26)16-24-21(15-17(3)4)20-11-8-7-9-12-20/h7-14,17,21,24H,5-6,15-16H2,1-4H3,(H,25,26)/p+1/t21-/m1/s1. The minimum Gasteiger partial charge on any atom is -0.332 e. The van der Waals surface area contributed by atoms with Gasteiger partial charge < -0.3 is 10.6 Å². The summed E-state index contributed by atoms with van der Waals surface area (Å²) in [5, 5.41) is 5.34. The molecular formula is C23H33N2O+. The van der Waals surface area contributed by atoms with E-state index in [0.29, 0.717) is 18.5 Å². The third-order valence-electron chi connectivity index (χ3n) is 4.80. The lowest BCUT2D eigenvalue weighted by atomic mass is 9.97. The summed E-state index contributed by atoms with van der Waals surface area (Å²) in [6.45, 7) is 9.16. The molecule has 0 fully saturated rings. The van der Waals surface area contributed by atoms with E-state index in [4.69, 9.17) is 0 Å². The van der Waals surface area contributed by atoms with E-state index >= 15 is 0 Å². The summed E-state index contributed by atoms with van der Waals surface area (Å²) in [4.78, 5) is 12.6. The molecule has 0 radical (unpaired) electrons. The van der Waals surface area contributed by atoms with Crippen LogP contribution in [0.1, 0.15) is 56.8 Å². The molecule has 3 N–H and O–H groups in total. The zero-order chi connectivity index (χ0) is 18.9. The third-order valence-corrected chi connectivity index (χ3v) is 4.80. The van der Waals surface area contributed by atoms with Crippen LogP contribution in [0.25, 0.3) is 0 Å². The fourth-order valence-electron chi connectivity index (χ4n) is 3.42. The number of carbonyl (C=O) groups excluding carboxylic acids is 1. The summed E-state index contributed by atoms with van der Waals surface area (Å²) in [7, 11) is 0. The quantitative estimate of drug-likeness (QED) is 0.700. The highest BCUT2D eigenvalue weighted by molar-refractivity contribution is 5.93. The highest BCUT2D eigenvalue weighted by Gasteiger charge is 2.19. The van der Waals surface area contributed by atoms with Crippen LogP contribution in [0.4, 0.5) is 5.69 Å². The molecule has 2 rings (SSSR count). The number of hydrogen-bond donors (Lipinski definition) is 2. The van der Waals surface area contributed by atoms with E-state index in [9.17, 15) is 4.79 Å². The van der Waals surface area contributed by atoms with Crippen molar-refractivity contribution >= 4 is 11.6 Å². The maximum atomic E-state index is 12.6. The molecule has 0 aliphatic heterocycles. The predicted octanol–water partition coefficient (Wildman–Crippen LogP) is 4.10. The Hall–Kier alpha value is -2.13. The Labute approximate surface area is 158 Å². The first-order chi connectivity index (χ1) is 12.5. The molecule has 0 heterocycles. The van der Waals surface area contributed by atoms with Gasteiger partial charge in [0.25, 0.3) is 5.91 Å². The highest BCUT2D eigenvalue weighted by Crippen LogP contribution is 2.22. The SMILES string of the molecule is CCc1cccc(CC)c1NC(=O)C[NH2+][C@H](CC(C)C)c1ccccc1. The Bertz CT molecular complexity index is 672. The van der Waals surface area contributed by atoms with E-state index < -0.39 is 0 Å². The van der Waals surface area contributed by atoms with Crippen LogP contribution in [0.15, 0.2) is 48.5 Å². The molecule has 0 aromatic heterocycles. The third kappa shape index (κ3) is 5.70. The van der Waals surface area contributed by atoms with Crippen LogP contribution in [0, 0.1) is 5.92 Å². The van der Waals surface area contributed by atoms with Crippen LogP contribution in [0.2, 0.25) is 0 Å². The minimum absolute atomic E-state index is 0.0743. The minimum atomic E-state index is 0.0743. The number of quaternary nitrogens is 1. The first-order valence-corrected chi connectivity index (χ1v) is 9.84. The Morgan fingerprint density at radius 1 is 0.962 bits per heavy atom. The fourth-order valence-corrected chi connectivity index (χ4v) is 3.42. The monoisotopic (exact) mass is 353 g/mol. The van der Waals surface area contributed by atoms with Gasteiger partial charge in [-0.1, -0.05) is 76.2 Å². The second kappa shape index (κ2) is 10.1. The zero-order valence-electron chi connectivity index (χ0n) is 16.6. The van der Waals surface area contributed by atoms with Gasteiger partial charge in [-0.25, -0.2) is 0 Å². The van der Waals surface area contributed by atoms with Crippen LogP contribution >= 0.6 is 0 Å². The number of rotatable bonds is 9. The molecule has 0 saturated carbocycles. The second-order valence-electron chi connectivity index (χ2n) is 7.29. The summed E-state index contributed by atoms with van der Waals surface area (Å²) in [5.41, 5.74) is 4.72. The smallest absolute Gasteiger partial charge is 0.279 e. The molecule has 2 aromatic rings. The van der Waals surface area contributed by atoms with Crippen LogP contribution in [-0.4, -0.2) is 12.5 Å². The van der Waals surface area contributed by atoms with Gasteiger partial charge in [-0.3, -0.25) is 4.79 Å². The maximum absolute atomic E-state index is 12.6. The average molecular weight is 354 g/mol. The summed E-state index contributed by atoms with van der Waals surface area (Å²) < 4.78 is 0. The normalized spacial score (nSPS) is 12.2. The molecule has 1 amide bonds. The highest BCUT2D eigenvalue weighted by atomic mass is 16.1. The zero-order valence-corrected chi connectivity index (χ0v) is 16.6. The summed E-state index contributed by atoms with van der Waals surface area (Å²) >= 11 is 0. The molecule has 0 aliphatic rings. The number of aryl methyl sites for hydroxylation is 2. The van der Waals surface area contributed by atoms with E-state index in [1.165, 1.54) is 16.7 Å². The van der Waals surface area contributed by atoms with Crippen molar-refractivity contribution in [2.24, 2.45) is 5.92 Å². The van der Waals surface area contributed by atoms with E-state index in [-0.39, 0.29) is 5.91 Å². The Balaban J connectivity index is 2.05. The largest absolute Gasteiger partial charge is 0.332 e. The van der Waals surface area contributed by atoms with Gasteiger partial charge >= 0.3 is 0 Å². The molecule has 3 nitrogen and oxygen atoms in total. The van der Waals surface area contributed by atoms with E-state index in [1.54, 1.807) is 0 Å². The Morgan fingerprint density at radius 2 is 1.58 bits per heavy atom. The molecule has 26 heavy (non-hydrogen) atoms. The van der Waals surface area contributed by atoms with Crippen LogP contribution < -0.4 is 10.6 Å². The fraction of sp³-hybridized carbons (Fsp3) is 0.435. The maximum Gasteiger partial charge on any atom is 0.279 e. The lowest BCUT2D eigenvalue weighted by Crippen LogP contribution is -2.87. The van der Waals surface area contributed by atoms with Gasteiger partial charge in [0, 0.05) is 17.7 Å². The summed E-state index contributed by atoms with van der Waals surface area (Å²) in [6.07, 6.45) is 2.91. The van der Waals surface area contributed by atoms with Crippen LogP contribution in [-0.2, 0) is 17.6 Å². The van der Waals surface area contributed by atoms with Crippen molar-refractivity contribution in [3.63, 3.8) is 0 Å². The van der Waals surface area contributed by atoms with Crippen molar-refractivity contribution in [3.05, 3.63) is 65.2 Å². The van der Waals surface area contributed by atoms with Crippen molar-refractivity contribution in [2.75, 3.05) is 11.9 Å². The number of hydrogen-bond acceptors (Lipinski definition) is 1. The van der Waals surface area contributed by atoms with Crippen molar-refractivity contribution in [3.8, 4) is 0 Å². The number of carbonyl (C=O) groups is 1. The first kappa shape index (κ1) is 20.2. The van der Waals surface area contributed by atoms with Crippen molar-refractivity contribution in [1.82, 2.24) is 0 Å². The number of nitrogens with two attached hydrogens (primary N) is 1. The topological polar surface area (TPSA) is 45.7 Å². The predicted molar refractivity (Wildman–Crippen MR) is 109 cm³/mol. The van der Waals surface area contributed by atoms with Crippen molar-refractivity contribution < 1.29 is 10.1 Å². The molecule has 0 saturated heterocycles. The Kier molecular flexibility index (Phi) is 7.86. The molecule has 140 valence electrons. The molecule has 0 spiro atoms. The number of amides is 1. The number of nitrogens with one attached hydrogen (secondary N) is 1. The van der Waals surface area contributed by atoms with Crippen LogP contribution in [0.3, 0.4) is 0 Å². The Morgan fingerprint density at radius 3 is 2.12 bits per heavy atom. The molecule has 3 heteroatoms. The van der Waals surface area contributed by atoms with E-state index in [0.717, 1.165) is 24.9 Å². The van der Waals surface area contributed by atoms with Crippen molar-refractivity contribution in [1.29, 1.82) is 0 Å². The second-order valence-corrected chi connectivity index (χ2v) is 7.29. The average Bonchev–Trinajstić information content (AvgIpc) is 2.65. The summed E-state index contributed by atoms with van der Waals surface area (Å²) in [5.74, 6) is 0.664. The van der Waals surface area contributed by atoms with Crippen molar-refractivity contribution in [2.45, 2.75) is 53.0 Å². The number of para-hydroxylation sites is 1. The number of benzene rings is 2. The van der Waals surface area contributed by atoms with Gasteiger partial charge in [0.2, 0.25) is 0 Å². The van der Waals surface area contributed by atoms with Gasteiger partial charge in [0.05, 0.1) is 0 Å². The van der Waals surface area contributed by atoms with E-state index in [2.05, 4.69) is 80.8 Å². The summed E-state index contributed by atoms with van der Waals surface area (Å²) in [6, 6.07) is 17.1. The first-order valence-electron chi connectivity index (χ1n) is 9.84. The molecule has 0 unspecified atom stereocenters. The lowest BCUT2D eigenvalue weighted by molar-refractivity contribution is -0.687. The van der Waals surface area contributed by atoms with Gasteiger partial charge in [0.1, 0.15) is 6.04 Å². The molecular weight excluding hydrogens is 320 g/mol. The molecule has 0 aliphatic carbocycles. The molecule has 1 atom stereocenters. The van der Waals surface area contributed by atoms with E-state index in [1.807, 2.05) is 6.07 Å². The molecule has 2 aromatic carbocycles. The van der Waals surface area contributed by atoms with Crippen LogP contribution in [0.5, 0.6) is 0 Å². The van der Waals surface area contributed by atoms with Gasteiger partial charge in [-0.2, -0.15) is 0 Å².